The Morgan fingerprint density at radius 3 is 2.88 bits per heavy atom. The van der Waals surface area contributed by atoms with Crippen molar-refractivity contribution in [3.05, 3.63) is 28.8 Å². The number of anilines is 1. The van der Waals surface area contributed by atoms with E-state index in [-0.39, 0.29) is 5.56 Å². The molecule has 1 saturated carbocycles. The fourth-order valence-corrected chi connectivity index (χ4v) is 2.04. The lowest BCUT2D eigenvalue weighted by atomic mass is 10.1. The van der Waals surface area contributed by atoms with Gasteiger partial charge in [0, 0.05) is 11.6 Å². The fraction of sp³-hybridized carbons (Fsp3) is 0.462. The number of carboxylic acid groups (broad SMARTS) is 1. The third-order valence-corrected chi connectivity index (χ3v) is 3.25. The number of hydrogen-bond acceptors (Lipinski definition) is 2. The summed E-state index contributed by atoms with van der Waals surface area (Å²) in [6.07, 6.45) is 5.03. The van der Waals surface area contributed by atoms with E-state index in [1.54, 1.807) is 12.1 Å². The number of carboxylic acids is 1. The lowest BCUT2D eigenvalue weighted by Gasteiger charge is -2.09. The van der Waals surface area contributed by atoms with Gasteiger partial charge in [-0.2, -0.15) is 0 Å². The first-order chi connectivity index (χ1) is 8.16. The van der Waals surface area contributed by atoms with Crippen molar-refractivity contribution in [1.82, 2.24) is 0 Å². The monoisotopic (exact) mass is 253 g/mol. The Labute approximate surface area is 106 Å². The van der Waals surface area contributed by atoms with Gasteiger partial charge >= 0.3 is 5.97 Å². The van der Waals surface area contributed by atoms with Crippen LogP contribution in [0.3, 0.4) is 0 Å². The first kappa shape index (κ1) is 12.2. The second-order valence-electron chi connectivity index (χ2n) is 4.51. The van der Waals surface area contributed by atoms with Crippen LogP contribution in [0.5, 0.6) is 0 Å². The van der Waals surface area contributed by atoms with Crippen molar-refractivity contribution >= 4 is 23.3 Å². The zero-order valence-corrected chi connectivity index (χ0v) is 10.3. The molecule has 1 aliphatic rings. The molecule has 3 nitrogen and oxygen atoms in total. The summed E-state index contributed by atoms with van der Waals surface area (Å²) in [4.78, 5) is 11.0. The summed E-state index contributed by atoms with van der Waals surface area (Å²) in [5.41, 5.74) is 0.890. The number of aromatic carboxylic acids is 1. The van der Waals surface area contributed by atoms with E-state index in [1.807, 2.05) is 0 Å². The van der Waals surface area contributed by atoms with Crippen molar-refractivity contribution in [2.45, 2.75) is 25.7 Å². The lowest BCUT2D eigenvalue weighted by molar-refractivity contribution is 0.0698. The van der Waals surface area contributed by atoms with Gasteiger partial charge < -0.3 is 10.4 Å². The van der Waals surface area contributed by atoms with Crippen LogP contribution in [0.1, 0.15) is 36.0 Å². The predicted molar refractivity (Wildman–Crippen MR) is 68.9 cm³/mol. The Kier molecular flexibility index (Phi) is 3.89. The highest BCUT2D eigenvalue weighted by molar-refractivity contribution is 6.31. The topological polar surface area (TPSA) is 49.3 Å². The maximum absolute atomic E-state index is 11.0. The first-order valence-electron chi connectivity index (χ1n) is 5.93. The zero-order valence-electron chi connectivity index (χ0n) is 9.58. The molecule has 4 heteroatoms. The van der Waals surface area contributed by atoms with E-state index in [2.05, 4.69) is 5.32 Å². The Bertz CT molecular complexity index is 416. The van der Waals surface area contributed by atoms with Crippen LogP contribution in [0, 0.1) is 5.92 Å². The number of carbonyl (C=O) groups is 1. The maximum Gasteiger partial charge on any atom is 0.337 e. The number of nitrogens with one attached hydrogen (secondary N) is 1. The highest BCUT2D eigenvalue weighted by Crippen LogP contribution is 2.33. The van der Waals surface area contributed by atoms with E-state index in [0.29, 0.717) is 10.7 Å². The minimum absolute atomic E-state index is 0.279. The number of benzene rings is 1. The van der Waals surface area contributed by atoms with Gasteiger partial charge in [-0.1, -0.05) is 24.4 Å². The van der Waals surface area contributed by atoms with Crippen molar-refractivity contribution < 1.29 is 9.90 Å². The molecule has 2 rings (SSSR count). The van der Waals surface area contributed by atoms with Gasteiger partial charge in [0.1, 0.15) is 0 Å². The summed E-state index contributed by atoms with van der Waals surface area (Å²) >= 11 is 5.86. The van der Waals surface area contributed by atoms with Crippen molar-refractivity contribution in [3.63, 3.8) is 0 Å². The summed E-state index contributed by atoms with van der Waals surface area (Å²) in [6.45, 7) is 0.803. The minimum Gasteiger partial charge on any atom is -0.478 e. The van der Waals surface area contributed by atoms with Crippen LogP contribution in [-0.2, 0) is 0 Å². The molecule has 92 valence electrons. The molecule has 17 heavy (non-hydrogen) atoms. The Balaban J connectivity index is 1.92. The maximum atomic E-state index is 11.0. The molecule has 2 N–H and O–H groups in total. The second kappa shape index (κ2) is 5.41. The first-order valence-corrected chi connectivity index (χ1v) is 6.31. The molecule has 0 spiro atoms. The molecule has 0 heterocycles. The average Bonchev–Trinajstić information content (AvgIpc) is 3.08. The number of rotatable bonds is 6. The normalized spacial score (nSPS) is 14.6. The van der Waals surface area contributed by atoms with E-state index in [4.69, 9.17) is 16.7 Å². The van der Waals surface area contributed by atoms with Gasteiger partial charge in [0.2, 0.25) is 0 Å². The summed E-state index contributed by atoms with van der Waals surface area (Å²) in [7, 11) is 0. The molecule has 1 aromatic carbocycles. The quantitative estimate of drug-likeness (QED) is 0.761. The van der Waals surface area contributed by atoms with Crippen molar-refractivity contribution in [2.24, 2.45) is 5.92 Å². The van der Waals surface area contributed by atoms with Crippen LogP contribution in [0.2, 0.25) is 5.02 Å². The smallest absolute Gasteiger partial charge is 0.337 e. The molecule has 1 aliphatic carbocycles. The van der Waals surface area contributed by atoms with Crippen LogP contribution in [0.25, 0.3) is 0 Å². The molecule has 0 saturated heterocycles. The zero-order chi connectivity index (χ0) is 12.3. The summed E-state index contributed by atoms with van der Waals surface area (Å²) in [6, 6.07) is 4.80. The minimum atomic E-state index is -0.925. The predicted octanol–water partition coefficient (Wildman–Crippen LogP) is 3.64. The van der Waals surface area contributed by atoms with Gasteiger partial charge in [0.05, 0.1) is 11.3 Å². The molecule has 1 aromatic rings. The molecule has 0 atom stereocenters. The molecule has 0 aromatic heterocycles. The molecule has 1 fully saturated rings. The molecule has 0 aliphatic heterocycles. The van der Waals surface area contributed by atoms with Gasteiger partial charge in [0.25, 0.3) is 0 Å². The Hall–Kier alpha value is -1.22. The van der Waals surface area contributed by atoms with Crippen LogP contribution in [0.4, 0.5) is 5.69 Å². The van der Waals surface area contributed by atoms with Gasteiger partial charge in [-0.15, -0.1) is 0 Å². The molecule has 0 bridgehead atoms. The molecular formula is C13H16ClNO2. The van der Waals surface area contributed by atoms with E-state index >= 15 is 0 Å². The largest absolute Gasteiger partial charge is 0.478 e. The fourth-order valence-electron chi connectivity index (χ4n) is 1.87. The Morgan fingerprint density at radius 2 is 2.24 bits per heavy atom. The number of hydrogen-bond donors (Lipinski definition) is 2. The highest BCUT2D eigenvalue weighted by Gasteiger charge is 2.20. The molecule has 0 amide bonds. The van der Waals surface area contributed by atoms with Crippen LogP contribution in [0.15, 0.2) is 18.2 Å². The van der Waals surface area contributed by atoms with E-state index in [0.717, 1.165) is 18.9 Å². The summed E-state index contributed by atoms with van der Waals surface area (Å²) < 4.78 is 0. The van der Waals surface area contributed by atoms with Gasteiger partial charge in [0.15, 0.2) is 0 Å². The van der Waals surface area contributed by atoms with E-state index in [9.17, 15) is 4.79 Å². The van der Waals surface area contributed by atoms with Crippen LogP contribution in [-0.4, -0.2) is 17.6 Å². The van der Waals surface area contributed by atoms with Gasteiger partial charge in [-0.25, -0.2) is 4.79 Å². The highest BCUT2D eigenvalue weighted by atomic mass is 35.5. The van der Waals surface area contributed by atoms with Crippen molar-refractivity contribution in [1.29, 1.82) is 0 Å². The van der Waals surface area contributed by atoms with Crippen LogP contribution < -0.4 is 5.32 Å². The standard InChI is InChI=1S/C13H16ClNO2/c14-10-5-6-11(13(16)17)12(8-10)15-7-1-2-9-3-4-9/h5-6,8-9,15H,1-4,7H2,(H,16,17). The van der Waals surface area contributed by atoms with Crippen molar-refractivity contribution in [3.8, 4) is 0 Å². The SMILES string of the molecule is O=C(O)c1ccc(Cl)cc1NCCCC1CC1. The third-order valence-electron chi connectivity index (χ3n) is 3.01. The average molecular weight is 254 g/mol. The second-order valence-corrected chi connectivity index (χ2v) is 4.94. The van der Waals surface area contributed by atoms with Crippen LogP contribution >= 0.6 is 11.6 Å². The summed E-state index contributed by atoms with van der Waals surface area (Å²) in [5, 5.41) is 12.7. The number of halogens is 1. The van der Waals surface area contributed by atoms with Crippen molar-refractivity contribution in [2.75, 3.05) is 11.9 Å². The molecule has 0 radical (unpaired) electrons. The van der Waals surface area contributed by atoms with Gasteiger partial charge in [-0.05, 0) is 37.0 Å². The van der Waals surface area contributed by atoms with E-state index in [1.165, 1.54) is 25.3 Å². The molecular weight excluding hydrogens is 238 g/mol. The lowest BCUT2D eigenvalue weighted by Crippen LogP contribution is -2.07. The summed E-state index contributed by atoms with van der Waals surface area (Å²) in [5.74, 6) is -0.0125. The van der Waals surface area contributed by atoms with E-state index < -0.39 is 5.97 Å². The van der Waals surface area contributed by atoms with Gasteiger partial charge in [-0.3, -0.25) is 0 Å². The third kappa shape index (κ3) is 3.63. The molecule has 0 unspecified atom stereocenters. The Morgan fingerprint density at radius 1 is 1.47 bits per heavy atom.